The third-order valence-corrected chi connectivity index (χ3v) is 6.74. The Hall–Kier alpha value is -1.53. The molecule has 0 radical (unpaired) electrons. The molecule has 25 heavy (non-hydrogen) atoms. The van der Waals surface area contributed by atoms with Gasteiger partial charge in [-0.3, -0.25) is 4.79 Å². The summed E-state index contributed by atoms with van der Waals surface area (Å²) in [5.41, 5.74) is 5.35. The minimum atomic E-state index is -4.01. The fraction of sp³-hybridized carbons (Fsp3) is 0.500. The van der Waals surface area contributed by atoms with Crippen molar-refractivity contribution in [2.45, 2.75) is 22.6 Å². The minimum Gasteiger partial charge on any atom is -0.355 e. The third kappa shape index (κ3) is 4.76. The zero-order valence-corrected chi connectivity index (χ0v) is 15.2. The van der Waals surface area contributed by atoms with E-state index in [2.05, 4.69) is 5.32 Å². The Bertz CT molecular complexity index is 839. The largest absolute Gasteiger partial charge is 0.355 e. The zero-order chi connectivity index (χ0) is 18.7. The van der Waals surface area contributed by atoms with Crippen molar-refractivity contribution in [2.24, 2.45) is 16.8 Å². The summed E-state index contributed by atoms with van der Waals surface area (Å²) in [5.74, 6) is -0.694. The summed E-state index contributed by atoms with van der Waals surface area (Å²) >= 11 is 0. The van der Waals surface area contributed by atoms with Crippen LogP contribution in [0.1, 0.15) is 12.8 Å². The molecule has 0 bridgehead atoms. The van der Waals surface area contributed by atoms with Gasteiger partial charge in [-0.15, -0.1) is 0 Å². The predicted molar refractivity (Wildman–Crippen MR) is 91.4 cm³/mol. The van der Waals surface area contributed by atoms with Crippen LogP contribution >= 0.6 is 0 Å². The molecule has 1 saturated heterocycles. The van der Waals surface area contributed by atoms with Crippen molar-refractivity contribution < 1.29 is 21.6 Å². The Morgan fingerprint density at radius 3 is 2.56 bits per heavy atom. The number of amides is 1. The second-order valence-electron chi connectivity index (χ2n) is 5.80. The van der Waals surface area contributed by atoms with Crippen molar-refractivity contribution in [1.29, 1.82) is 0 Å². The molecule has 1 aromatic rings. The summed E-state index contributed by atoms with van der Waals surface area (Å²) in [6.45, 7) is 0.945. The first kappa shape index (κ1) is 19.8. The van der Waals surface area contributed by atoms with Crippen molar-refractivity contribution >= 4 is 26.0 Å². The average Bonchev–Trinajstić information content (AvgIpc) is 2.59. The molecule has 1 amide bonds. The van der Waals surface area contributed by atoms with Gasteiger partial charge in [-0.1, -0.05) is 6.07 Å². The Balaban J connectivity index is 2.23. The summed E-state index contributed by atoms with van der Waals surface area (Å²) in [5, 5.41) is 7.72. The summed E-state index contributed by atoms with van der Waals surface area (Å²) in [6.07, 6.45) is 1.12. The van der Waals surface area contributed by atoms with Crippen molar-refractivity contribution in [1.82, 2.24) is 9.62 Å². The minimum absolute atomic E-state index is 0.0400. The van der Waals surface area contributed by atoms with Crippen molar-refractivity contribution in [3.8, 4) is 0 Å². The molecule has 1 aliphatic rings. The monoisotopic (exact) mass is 390 g/mol. The fourth-order valence-corrected chi connectivity index (χ4v) is 4.88. The van der Waals surface area contributed by atoms with Crippen LogP contribution in [0.5, 0.6) is 0 Å². The lowest BCUT2D eigenvalue weighted by atomic mass is 9.99. The van der Waals surface area contributed by atoms with Crippen LogP contribution in [0, 0.1) is 5.92 Å². The van der Waals surface area contributed by atoms with E-state index in [0.717, 1.165) is 6.07 Å². The van der Waals surface area contributed by atoms with E-state index in [-0.39, 0.29) is 28.8 Å². The van der Waals surface area contributed by atoms with Gasteiger partial charge < -0.3 is 11.1 Å². The quantitative estimate of drug-likeness (QED) is 0.555. The van der Waals surface area contributed by atoms with Crippen LogP contribution in [0.2, 0.25) is 0 Å². The van der Waals surface area contributed by atoms with Gasteiger partial charge in [-0.2, -0.15) is 4.31 Å². The second kappa shape index (κ2) is 7.79. The molecule has 0 aliphatic carbocycles. The highest BCUT2D eigenvalue weighted by Crippen LogP contribution is 2.25. The lowest BCUT2D eigenvalue weighted by molar-refractivity contribution is -0.126. The van der Waals surface area contributed by atoms with Crippen LogP contribution in [0.15, 0.2) is 34.1 Å². The van der Waals surface area contributed by atoms with Crippen molar-refractivity contribution in [3.63, 3.8) is 0 Å². The molecule has 140 valence electrons. The molecule has 1 fully saturated rings. The molecule has 5 N–H and O–H groups in total. The highest BCUT2D eigenvalue weighted by molar-refractivity contribution is 7.90. The predicted octanol–water partition coefficient (Wildman–Crippen LogP) is -1.19. The number of piperidine rings is 1. The maximum atomic E-state index is 12.8. The average molecular weight is 390 g/mol. The lowest BCUT2D eigenvalue weighted by Crippen LogP contribution is -2.46. The molecular weight excluding hydrogens is 368 g/mol. The second-order valence-corrected chi connectivity index (χ2v) is 9.30. The van der Waals surface area contributed by atoms with Crippen LogP contribution < -0.4 is 16.2 Å². The number of hydrogen-bond donors (Lipinski definition) is 3. The zero-order valence-electron chi connectivity index (χ0n) is 13.6. The summed E-state index contributed by atoms with van der Waals surface area (Å²) in [6, 6.07) is 4.89. The molecule has 0 spiro atoms. The molecule has 11 heteroatoms. The number of benzene rings is 1. The van der Waals surface area contributed by atoms with Crippen molar-refractivity contribution in [2.75, 3.05) is 26.2 Å². The van der Waals surface area contributed by atoms with Crippen LogP contribution in [-0.4, -0.2) is 53.2 Å². The number of hydrogen-bond acceptors (Lipinski definition) is 6. The van der Waals surface area contributed by atoms with Gasteiger partial charge in [0.15, 0.2) is 0 Å². The standard InChI is InChI=1S/C14H22N4O5S2/c15-6-7-17-14(19)11-3-2-8-18(10-11)25(22,23)13-5-1-4-12(9-13)24(16,20)21/h1,4-5,9,11H,2-3,6-8,10,15H2,(H,17,19)(H2,16,20,21). The van der Waals surface area contributed by atoms with E-state index in [1.165, 1.54) is 22.5 Å². The molecule has 1 atom stereocenters. The maximum Gasteiger partial charge on any atom is 0.243 e. The third-order valence-electron chi connectivity index (χ3n) is 3.97. The smallest absolute Gasteiger partial charge is 0.243 e. The van der Waals surface area contributed by atoms with Crippen LogP contribution in [0.3, 0.4) is 0 Å². The molecule has 1 aromatic carbocycles. The molecule has 1 aliphatic heterocycles. The van der Waals surface area contributed by atoms with Gasteiger partial charge in [0.05, 0.1) is 15.7 Å². The van der Waals surface area contributed by atoms with Crippen LogP contribution in [0.25, 0.3) is 0 Å². The number of sulfonamides is 2. The van der Waals surface area contributed by atoms with E-state index in [9.17, 15) is 21.6 Å². The van der Waals surface area contributed by atoms with E-state index in [1.807, 2.05) is 0 Å². The Morgan fingerprint density at radius 2 is 1.92 bits per heavy atom. The summed E-state index contributed by atoms with van der Waals surface area (Å²) < 4.78 is 49.6. The summed E-state index contributed by atoms with van der Waals surface area (Å²) in [4.78, 5) is 11.6. The number of nitrogens with zero attached hydrogens (tertiary/aromatic N) is 1. The number of rotatable bonds is 6. The van der Waals surface area contributed by atoms with E-state index in [1.54, 1.807) is 0 Å². The summed E-state index contributed by atoms with van der Waals surface area (Å²) in [7, 11) is -7.93. The first-order valence-corrected chi connectivity index (χ1v) is 10.8. The number of primary sulfonamides is 1. The van der Waals surface area contributed by atoms with Gasteiger partial charge in [-0.05, 0) is 31.0 Å². The molecule has 1 unspecified atom stereocenters. The normalized spacial score (nSPS) is 19.5. The van der Waals surface area contributed by atoms with E-state index in [0.29, 0.717) is 25.9 Å². The van der Waals surface area contributed by atoms with Crippen LogP contribution in [0.4, 0.5) is 0 Å². The Labute approximate surface area is 147 Å². The topological polar surface area (TPSA) is 153 Å². The number of nitrogens with two attached hydrogens (primary N) is 2. The molecule has 2 rings (SSSR count). The number of nitrogens with one attached hydrogen (secondary N) is 1. The highest BCUT2D eigenvalue weighted by Gasteiger charge is 2.33. The van der Waals surface area contributed by atoms with E-state index in [4.69, 9.17) is 10.9 Å². The maximum absolute atomic E-state index is 12.8. The number of carbonyl (C=O) groups is 1. The SMILES string of the molecule is NCCNC(=O)C1CCCN(S(=O)(=O)c2cccc(S(N)(=O)=O)c2)C1. The molecule has 0 aromatic heterocycles. The molecule has 1 heterocycles. The molecule has 0 saturated carbocycles. The van der Waals surface area contributed by atoms with Gasteiger partial charge in [0.25, 0.3) is 0 Å². The van der Waals surface area contributed by atoms with Gasteiger partial charge in [0, 0.05) is 26.2 Å². The molecular formula is C14H22N4O5S2. The first-order valence-electron chi connectivity index (χ1n) is 7.77. The van der Waals surface area contributed by atoms with Gasteiger partial charge in [0.1, 0.15) is 0 Å². The van der Waals surface area contributed by atoms with Gasteiger partial charge >= 0.3 is 0 Å². The van der Waals surface area contributed by atoms with Gasteiger partial charge in [0.2, 0.25) is 26.0 Å². The van der Waals surface area contributed by atoms with E-state index < -0.39 is 26.0 Å². The Kier molecular flexibility index (Phi) is 6.16. The van der Waals surface area contributed by atoms with Crippen molar-refractivity contribution in [3.05, 3.63) is 24.3 Å². The number of carbonyl (C=O) groups excluding carboxylic acids is 1. The van der Waals surface area contributed by atoms with Gasteiger partial charge in [-0.25, -0.2) is 22.0 Å². The first-order chi connectivity index (χ1) is 11.7. The molecule has 9 nitrogen and oxygen atoms in total. The lowest BCUT2D eigenvalue weighted by Gasteiger charge is -2.31. The Morgan fingerprint density at radius 1 is 1.24 bits per heavy atom. The highest BCUT2D eigenvalue weighted by atomic mass is 32.2. The fourth-order valence-electron chi connectivity index (χ4n) is 2.68. The van der Waals surface area contributed by atoms with E-state index >= 15 is 0 Å². The van der Waals surface area contributed by atoms with Crippen LogP contribution in [-0.2, 0) is 24.8 Å².